The van der Waals surface area contributed by atoms with Gasteiger partial charge in [-0.1, -0.05) is 30.3 Å². The van der Waals surface area contributed by atoms with Gasteiger partial charge < -0.3 is 10.1 Å². The van der Waals surface area contributed by atoms with E-state index in [-0.39, 0.29) is 10.5 Å². The first-order valence-electron chi connectivity index (χ1n) is 8.09. The average molecular weight is 383 g/mol. The molecule has 0 unspecified atom stereocenters. The Kier molecular flexibility index (Phi) is 5.23. The van der Waals surface area contributed by atoms with E-state index in [0.29, 0.717) is 5.69 Å². The van der Waals surface area contributed by atoms with Crippen LogP contribution in [0.5, 0.6) is 0 Å². The van der Waals surface area contributed by atoms with Crippen LogP contribution in [0.25, 0.3) is 10.8 Å². The van der Waals surface area contributed by atoms with Gasteiger partial charge in [-0.2, -0.15) is 0 Å². The Morgan fingerprint density at radius 1 is 0.926 bits per heavy atom. The van der Waals surface area contributed by atoms with Crippen molar-refractivity contribution in [3.63, 3.8) is 0 Å². The standard InChI is InChI=1S/C20H17NO5S/c1-27(24,25)18-10-7-15(8-11-18)20(23)26-13-19(22)21-17-9-6-14-4-2-3-5-16(14)12-17/h2-12H,13H2,1H3,(H,21,22). The van der Waals surface area contributed by atoms with E-state index in [2.05, 4.69) is 5.32 Å². The number of hydrogen-bond acceptors (Lipinski definition) is 5. The van der Waals surface area contributed by atoms with Gasteiger partial charge in [-0.05, 0) is 47.2 Å². The molecule has 0 aliphatic rings. The molecule has 138 valence electrons. The Labute approximate surface area is 156 Å². The Bertz CT molecular complexity index is 1100. The maximum Gasteiger partial charge on any atom is 0.338 e. The van der Waals surface area contributed by atoms with Crippen LogP contribution in [-0.4, -0.2) is 33.2 Å². The highest BCUT2D eigenvalue weighted by atomic mass is 32.2. The second-order valence-corrected chi connectivity index (χ2v) is 8.00. The zero-order chi connectivity index (χ0) is 19.4. The van der Waals surface area contributed by atoms with Crippen LogP contribution >= 0.6 is 0 Å². The minimum Gasteiger partial charge on any atom is -0.452 e. The molecule has 7 heteroatoms. The number of esters is 1. The van der Waals surface area contributed by atoms with Crippen molar-refractivity contribution in [2.24, 2.45) is 0 Å². The number of nitrogens with one attached hydrogen (secondary N) is 1. The van der Waals surface area contributed by atoms with Crippen LogP contribution in [0.15, 0.2) is 71.6 Å². The lowest BCUT2D eigenvalue weighted by molar-refractivity contribution is -0.119. The molecule has 27 heavy (non-hydrogen) atoms. The second-order valence-electron chi connectivity index (χ2n) is 5.98. The van der Waals surface area contributed by atoms with E-state index in [4.69, 9.17) is 4.74 Å². The third-order valence-corrected chi connectivity index (χ3v) is 5.01. The summed E-state index contributed by atoms with van der Waals surface area (Å²) in [5.41, 5.74) is 0.771. The van der Waals surface area contributed by atoms with Crippen LogP contribution in [0, 0.1) is 0 Å². The summed E-state index contributed by atoms with van der Waals surface area (Å²) in [4.78, 5) is 24.1. The van der Waals surface area contributed by atoms with Crippen LogP contribution in [0.4, 0.5) is 5.69 Å². The van der Waals surface area contributed by atoms with Crippen molar-refractivity contribution >= 4 is 38.2 Å². The molecule has 0 spiro atoms. The number of sulfone groups is 1. The minimum absolute atomic E-state index is 0.105. The molecule has 1 N–H and O–H groups in total. The predicted molar refractivity (Wildman–Crippen MR) is 102 cm³/mol. The Morgan fingerprint density at radius 3 is 2.26 bits per heavy atom. The van der Waals surface area contributed by atoms with Crippen LogP contribution in [-0.2, 0) is 19.4 Å². The third-order valence-electron chi connectivity index (χ3n) is 3.89. The van der Waals surface area contributed by atoms with E-state index in [9.17, 15) is 18.0 Å². The maximum absolute atomic E-state index is 12.0. The van der Waals surface area contributed by atoms with E-state index < -0.39 is 28.3 Å². The molecule has 3 aromatic carbocycles. The van der Waals surface area contributed by atoms with Gasteiger partial charge in [0.05, 0.1) is 10.5 Å². The molecule has 0 atom stereocenters. The molecule has 0 saturated heterocycles. The molecule has 0 saturated carbocycles. The Balaban J connectivity index is 1.58. The monoisotopic (exact) mass is 383 g/mol. The zero-order valence-electron chi connectivity index (χ0n) is 14.5. The number of carbonyl (C=O) groups excluding carboxylic acids is 2. The van der Waals surface area contributed by atoms with Crippen LogP contribution < -0.4 is 5.32 Å². The molecule has 1 amide bonds. The summed E-state index contributed by atoms with van der Waals surface area (Å²) in [5, 5.41) is 4.71. The maximum atomic E-state index is 12.0. The molecule has 3 rings (SSSR count). The van der Waals surface area contributed by atoms with Crippen LogP contribution in [0.1, 0.15) is 10.4 Å². The van der Waals surface area contributed by atoms with Gasteiger partial charge in [-0.3, -0.25) is 4.79 Å². The molecule has 0 aromatic heterocycles. The topological polar surface area (TPSA) is 89.5 Å². The van der Waals surface area contributed by atoms with E-state index >= 15 is 0 Å². The molecular weight excluding hydrogens is 366 g/mol. The molecule has 0 aliphatic carbocycles. The molecule has 0 fully saturated rings. The molecule has 6 nitrogen and oxygen atoms in total. The Morgan fingerprint density at radius 2 is 1.59 bits per heavy atom. The molecule has 0 bridgehead atoms. The summed E-state index contributed by atoms with van der Waals surface area (Å²) >= 11 is 0. The molecule has 0 radical (unpaired) electrons. The summed E-state index contributed by atoms with van der Waals surface area (Å²) in [6.07, 6.45) is 1.08. The highest BCUT2D eigenvalue weighted by molar-refractivity contribution is 7.90. The first-order chi connectivity index (χ1) is 12.8. The summed E-state index contributed by atoms with van der Waals surface area (Å²) in [5.74, 6) is -1.17. The number of fused-ring (bicyclic) bond motifs is 1. The number of rotatable bonds is 5. The van der Waals surface area contributed by atoms with Gasteiger partial charge >= 0.3 is 5.97 Å². The number of benzene rings is 3. The smallest absolute Gasteiger partial charge is 0.338 e. The average Bonchev–Trinajstić information content (AvgIpc) is 2.65. The van der Waals surface area contributed by atoms with E-state index in [1.165, 1.54) is 24.3 Å². The molecule has 0 heterocycles. The Hall–Kier alpha value is -3.19. The highest BCUT2D eigenvalue weighted by Crippen LogP contribution is 2.18. The van der Waals surface area contributed by atoms with Crippen molar-refractivity contribution < 1.29 is 22.7 Å². The van der Waals surface area contributed by atoms with Gasteiger partial charge in [0, 0.05) is 11.9 Å². The number of amides is 1. The number of anilines is 1. The van der Waals surface area contributed by atoms with Gasteiger partial charge in [-0.15, -0.1) is 0 Å². The van der Waals surface area contributed by atoms with Crippen molar-refractivity contribution in [2.75, 3.05) is 18.2 Å². The second kappa shape index (κ2) is 7.59. The zero-order valence-corrected chi connectivity index (χ0v) is 15.3. The van der Waals surface area contributed by atoms with Crippen molar-refractivity contribution in [3.05, 3.63) is 72.3 Å². The summed E-state index contributed by atoms with van der Waals surface area (Å²) in [6.45, 7) is -0.445. The fourth-order valence-corrected chi connectivity index (χ4v) is 3.15. The van der Waals surface area contributed by atoms with Gasteiger partial charge in [0.1, 0.15) is 0 Å². The van der Waals surface area contributed by atoms with E-state index in [1.807, 2.05) is 36.4 Å². The first kappa shape index (κ1) is 18.6. The lowest BCUT2D eigenvalue weighted by atomic mass is 10.1. The van der Waals surface area contributed by atoms with Gasteiger partial charge in [0.15, 0.2) is 16.4 Å². The van der Waals surface area contributed by atoms with Gasteiger partial charge in [0.2, 0.25) is 0 Å². The summed E-state index contributed by atoms with van der Waals surface area (Å²) in [6, 6.07) is 18.6. The highest BCUT2D eigenvalue weighted by Gasteiger charge is 2.13. The fraction of sp³-hybridized carbons (Fsp3) is 0.100. The van der Waals surface area contributed by atoms with E-state index in [1.54, 1.807) is 6.07 Å². The van der Waals surface area contributed by atoms with Crippen molar-refractivity contribution in [3.8, 4) is 0 Å². The van der Waals surface area contributed by atoms with Crippen molar-refractivity contribution in [1.82, 2.24) is 0 Å². The lowest BCUT2D eigenvalue weighted by Crippen LogP contribution is -2.20. The van der Waals surface area contributed by atoms with Crippen LogP contribution in [0.2, 0.25) is 0 Å². The fourth-order valence-electron chi connectivity index (χ4n) is 2.52. The third kappa shape index (κ3) is 4.71. The normalized spacial score (nSPS) is 11.1. The lowest BCUT2D eigenvalue weighted by Gasteiger charge is -2.08. The number of carbonyl (C=O) groups is 2. The van der Waals surface area contributed by atoms with Crippen molar-refractivity contribution in [2.45, 2.75) is 4.90 Å². The van der Waals surface area contributed by atoms with Gasteiger partial charge in [0.25, 0.3) is 5.91 Å². The van der Waals surface area contributed by atoms with Crippen molar-refractivity contribution in [1.29, 1.82) is 0 Å². The number of ether oxygens (including phenoxy) is 1. The summed E-state index contributed by atoms with van der Waals surface area (Å²) in [7, 11) is -3.34. The van der Waals surface area contributed by atoms with Crippen LogP contribution in [0.3, 0.4) is 0 Å². The molecule has 3 aromatic rings. The first-order valence-corrected chi connectivity index (χ1v) is 9.98. The molecular formula is C20H17NO5S. The SMILES string of the molecule is CS(=O)(=O)c1ccc(C(=O)OCC(=O)Nc2ccc3ccccc3c2)cc1. The number of hydrogen-bond donors (Lipinski definition) is 1. The van der Waals surface area contributed by atoms with E-state index in [0.717, 1.165) is 17.0 Å². The minimum atomic E-state index is -3.34. The quantitative estimate of drug-likeness (QED) is 0.684. The molecule has 0 aliphatic heterocycles. The largest absolute Gasteiger partial charge is 0.452 e. The van der Waals surface area contributed by atoms with Gasteiger partial charge in [-0.25, -0.2) is 13.2 Å². The predicted octanol–water partition coefficient (Wildman–Crippen LogP) is 3.04. The summed E-state index contributed by atoms with van der Waals surface area (Å²) < 4.78 is 27.8.